The SMILES string of the molecule is Cc1ccc(S(=O)(=O)NC(C)C(C)C)cc1[N+](=O)[O-]. The first-order chi connectivity index (χ1) is 8.65. The highest BCUT2D eigenvalue weighted by Crippen LogP contribution is 2.22. The van der Waals surface area contributed by atoms with Crippen LogP contribution in [0.5, 0.6) is 0 Å². The first kappa shape index (κ1) is 15.6. The summed E-state index contributed by atoms with van der Waals surface area (Å²) >= 11 is 0. The molecule has 0 heterocycles. The summed E-state index contributed by atoms with van der Waals surface area (Å²) in [5.41, 5.74) is 0.237. The Labute approximate surface area is 113 Å². The summed E-state index contributed by atoms with van der Waals surface area (Å²) in [6.45, 7) is 7.11. The Morgan fingerprint density at radius 2 is 1.84 bits per heavy atom. The molecule has 19 heavy (non-hydrogen) atoms. The molecule has 1 unspecified atom stereocenters. The predicted molar refractivity (Wildman–Crippen MR) is 72.5 cm³/mol. The average Bonchev–Trinajstić information content (AvgIpc) is 2.27. The van der Waals surface area contributed by atoms with E-state index in [-0.39, 0.29) is 22.5 Å². The van der Waals surface area contributed by atoms with Crippen molar-refractivity contribution in [2.24, 2.45) is 5.92 Å². The number of benzene rings is 1. The molecule has 7 heteroatoms. The van der Waals surface area contributed by atoms with Crippen LogP contribution in [0, 0.1) is 23.0 Å². The fourth-order valence-electron chi connectivity index (χ4n) is 1.40. The smallest absolute Gasteiger partial charge is 0.258 e. The lowest BCUT2D eigenvalue weighted by molar-refractivity contribution is -0.385. The summed E-state index contributed by atoms with van der Waals surface area (Å²) in [4.78, 5) is 10.2. The number of hydrogen-bond acceptors (Lipinski definition) is 4. The van der Waals surface area contributed by atoms with E-state index in [1.54, 1.807) is 13.8 Å². The van der Waals surface area contributed by atoms with E-state index in [1.165, 1.54) is 12.1 Å². The Morgan fingerprint density at radius 3 is 2.32 bits per heavy atom. The minimum atomic E-state index is -3.73. The predicted octanol–water partition coefficient (Wildman–Crippen LogP) is 2.23. The van der Waals surface area contributed by atoms with Crippen LogP contribution in [0.3, 0.4) is 0 Å². The Morgan fingerprint density at radius 1 is 1.26 bits per heavy atom. The lowest BCUT2D eigenvalue weighted by Gasteiger charge is -2.17. The quantitative estimate of drug-likeness (QED) is 0.664. The molecule has 0 fully saturated rings. The van der Waals surface area contributed by atoms with Crippen molar-refractivity contribution in [3.8, 4) is 0 Å². The van der Waals surface area contributed by atoms with Gasteiger partial charge < -0.3 is 0 Å². The maximum atomic E-state index is 12.1. The second-order valence-corrected chi connectivity index (χ2v) is 6.57. The molecule has 0 saturated heterocycles. The lowest BCUT2D eigenvalue weighted by atomic mass is 10.1. The van der Waals surface area contributed by atoms with Gasteiger partial charge in [-0.3, -0.25) is 10.1 Å². The van der Waals surface area contributed by atoms with Crippen molar-refractivity contribution in [1.29, 1.82) is 0 Å². The molecule has 6 nitrogen and oxygen atoms in total. The highest BCUT2D eigenvalue weighted by molar-refractivity contribution is 7.89. The van der Waals surface area contributed by atoms with Gasteiger partial charge in [-0.05, 0) is 25.8 Å². The van der Waals surface area contributed by atoms with E-state index < -0.39 is 14.9 Å². The molecule has 0 aliphatic heterocycles. The Balaban J connectivity index is 3.16. The van der Waals surface area contributed by atoms with Crippen LogP contribution >= 0.6 is 0 Å². The fraction of sp³-hybridized carbons (Fsp3) is 0.500. The summed E-state index contributed by atoms with van der Waals surface area (Å²) in [5.74, 6) is 0.134. The molecule has 0 aliphatic carbocycles. The maximum Gasteiger partial charge on any atom is 0.273 e. The third kappa shape index (κ3) is 3.74. The molecular formula is C12H18N2O4S. The van der Waals surface area contributed by atoms with E-state index in [4.69, 9.17) is 0 Å². The fourth-order valence-corrected chi connectivity index (χ4v) is 2.81. The van der Waals surface area contributed by atoms with Gasteiger partial charge in [0, 0.05) is 17.7 Å². The minimum Gasteiger partial charge on any atom is -0.258 e. The molecular weight excluding hydrogens is 268 g/mol. The van der Waals surface area contributed by atoms with Gasteiger partial charge in [0.25, 0.3) is 5.69 Å². The number of rotatable bonds is 5. The summed E-state index contributed by atoms with van der Waals surface area (Å²) in [6.07, 6.45) is 0. The van der Waals surface area contributed by atoms with Gasteiger partial charge in [-0.25, -0.2) is 13.1 Å². The van der Waals surface area contributed by atoms with E-state index >= 15 is 0 Å². The van der Waals surface area contributed by atoms with Crippen LogP contribution in [-0.2, 0) is 10.0 Å². The van der Waals surface area contributed by atoms with Gasteiger partial charge >= 0.3 is 0 Å². The number of nitro benzene ring substituents is 1. The number of nitrogens with zero attached hydrogens (tertiary/aromatic N) is 1. The van der Waals surface area contributed by atoms with Crippen LogP contribution in [-0.4, -0.2) is 19.4 Å². The summed E-state index contributed by atoms with van der Waals surface area (Å²) in [7, 11) is -3.73. The average molecular weight is 286 g/mol. The van der Waals surface area contributed by atoms with Crippen LogP contribution in [0.25, 0.3) is 0 Å². The van der Waals surface area contributed by atoms with Crippen LogP contribution in [0.1, 0.15) is 26.3 Å². The summed E-state index contributed by atoms with van der Waals surface area (Å²) in [5, 5.41) is 10.8. The number of nitro groups is 1. The van der Waals surface area contributed by atoms with Gasteiger partial charge in [-0.2, -0.15) is 0 Å². The molecule has 1 N–H and O–H groups in total. The second kappa shape index (κ2) is 5.66. The van der Waals surface area contributed by atoms with E-state index in [2.05, 4.69) is 4.72 Å². The van der Waals surface area contributed by atoms with Gasteiger partial charge in [-0.15, -0.1) is 0 Å². The molecule has 0 aliphatic rings. The number of hydrogen-bond donors (Lipinski definition) is 1. The van der Waals surface area contributed by atoms with Crippen molar-refractivity contribution in [2.75, 3.05) is 0 Å². The first-order valence-electron chi connectivity index (χ1n) is 5.92. The maximum absolute atomic E-state index is 12.1. The molecule has 0 aromatic heterocycles. The van der Waals surface area contributed by atoms with E-state index in [0.717, 1.165) is 6.07 Å². The Bertz CT molecular complexity index is 581. The molecule has 1 aromatic rings. The second-order valence-electron chi connectivity index (χ2n) is 4.86. The minimum absolute atomic E-state index is 0.0858. The van der Waals surface area contributed by atoms with Crippen molar-refractivity contribution >= 4 is 15.7 Å². The zero-order valence-corrected chi connectivity index (χ0v) is 12.2. The third-order valence-electron chi connectivity index (χ3n) is 3.03. The largest absolute Gasteiger partial charge is 0.273 e. The van der Waals surface area contributed by atoms with Crippen LogP contribution in [0.15, 0.2) is 23.1 Å². The molecule has 1 rings (SSSR count). The molecule has 106 valence electrons. The molecule has 0 amide bonds. The summed E-state index contributed by atoms with van der Waals surface area (Å²) < 4.78 is 26.7. The van der Waals surface area contributed by atoms with Gasteiger partial charge in [0.2, 0.25) is 10.0 Å². The van der Waals surface area contributed by atoms with Crippen molar-refractivity contribution in [2.45, 2.75) is 38.6 Å². The van der Waals surface area contributed by atoms with Crippen LogP contribution in [0.4, 0.5) is 5.69 Å². The van der Waals surface area contributed by atoms with Gasteiger partial charge in [-0.1, -0.05) is 19.9 Å². The monoisotopic (exact) mass is 286 g/mol. The topological polar surface area (TPSA) is 89.3 Å². The molecule has 1 atom stereocenters. The Kier molecular flexibility index (Phi) is 4.65. The van der Waals surface area contributed by atoms with Crippen molar-refractivity contribution in [3.05, 3.63) is 33.9 Å². The molecule has 0 radical (unpaired) electrons. The van der Waals surface area contributed by atoms with Crippen LogP contribution in [0.2, 0.25) is 0 Å². The Hall–Kier alpha value is -1.47. The zero-order chi connectivity index (χ0) is 14.8. The van der Waals surface area contributed by atoms with Gasteiger partial charge in [0.1, 0.15) is 0 Å². The first-order valence-corrected chi connectivity index (χ1v) is 7.41. The third-order valence-corrected chi connectivity index (χ3v) is 4.59. The van der Waals surface area contributed by atoms with Crippen molar-refractivity contribution in [1.82, 2.24) is 4.72 Å². The molecule has 1 aromatic carbocycles. The number of aryl methyl sites for hydroxylation is 1. The lowest BCUT2D eigenvalue weighted by Crippen LogP contribution is -2.36. The molecule has 0 saturated carbocycles. The zero-order valence-electron chi connectivity index (χ0n) is 11.4. The van der Waals surface area contributed by atoms with Crippen molar-refractivity contribution < 1.29 is 13.3 Å². The molecule has 0 spiro atoms. The summed E-state index contributed by atoms with van der Waals surface area (Å²) in [6, 6.07) is 3.65. The van der Waals surface area contributed by atoms with Gasteiger partial charge in [0.05, 0.1) is 9.82 Å². The molecule has 0 bridgehead atoms. The van der Waals surface area contributed by atoms with E-state index in [9.17, 15) is 18.5 Å². The number of nitrogens with one attached hydrogen (secondary N) is 1. The van der Waals surface area contributed by atoms with E-state index in [0.29, 0.717) is 5.56 Å². The van der Waals surface area contributed by atoms with Crippen LogP contribution < -0.4 is 4.72 Å². The highest BCUT2D eigenvalue weighted by atomic mass is 32.2. The van der Waals surface area contributed by atoms with Crippen molar-refractivity contribution in [3.63, 3.8) is 0 Å². The highest BCUT2D eigenvalue weighted by Gasteiger charge is 2.22. The van der Waals surface area contributed by atoms with E-state index in [1.807, 2.05) is 13.8 Å². The van der Waals surface area contributed by atoms with Gasteiger partial charge in [0.15, 0.2) is 0 Å². The standard InChI is InChI=1S/C12H18N2O4S/c1-8(2)10(4)13-19(17,18)11-6-5-9(3)12(7-11)14(15)16/h5-8,10,13H,1-4H3. The number of sulfonamides is 1. The normalized spacial score (nSPS) is 13.5.